The molecule has 1 aromatic carbocycles. The predicted molar refractivity (Wildman–Crippen MR) is 90.0 cm³/mol. The Bertz CT molecular complexity index is 592. The number of amides is 3. The van der Waals surface area contributed by atoms with E-state index in [9.17, 15) is 9.59 Å². The number of methoxy groups -OCH3 is 1. The molecule has 0 saturated carbocycles. The lowest BCUT2D eigenvalue weighted by atomic mass is 9.97. The minimum Gasteiger partial charge on any atom is -0.495 e. The van der Waals surface area contributed by atoms with Gasteiger partial charge in [-0.2, -0.15) is 0 Å². The van der Waals surface area contributed by atoms with Crippen molar-refractivity contribution in [2.24, 2.45) is 5.92 Å². The maximum absolute atomic E-state index is 12.5. The molecule has 1 atom stereocenters. The topological polar surface area (TPSA) is 61.9 Å². The third-order valence-corrected chi connectivity index (χ3v) is 4.10. The second-order valence-corrected chi connectivity index (χ2v) is 6.23. The van der Waals surface area contributed by atoms with Gasteiger partial charge in [-0.15, -0.1) is 0 Å². The molecule has 1 fully saturated rings. The van der Waals surface area contributed by atoms with Crippen molar-refractivity contribution in [2.45, 2.75) is 12.8 Å². The number of carbonyl (C=O) groups is 2. The molecule has 1 heterocycles. The molecular formula is C16H22ClN3O3. The van der Waals surface area contributed by atoms with E-state index in [2.05, 4.69) is 5.32 Å². The van der Waals surface area contributed by atoms with Crippen LogP contribution in [0.3, 0.4) is 0 Å². The van der Waals surface area contributed by atoms with Crippen LogP contribution in [0, 0.1) is 5.92 Å². The van der Waals surface area contributed by atoms with E-state index in [-0.39, 0.29) is 17.9 Å². The third kappa shape index (κ3) is 4.28. The van der Waals surface area contributed by atoms with Gasteiger partial charge in [0.15, 0.2) is 0 Å². The van der Waals surface area contributed by atoms with Crippen LogP contribution in [0.15, 0.2) is 18.2 Å². The SMILES string of the molecule is COc1ccc(Cl)cc1NC(=O)[C@@H]1CCCN(C(=O)N(C)C)C1. The number of ether oxygens (including phenoxy) is 1. The van der Waals surface area contributed by atoms with Crippen LogP contribution in [-0.4, -0.2) is 56.0 Å². The number of rotatable bonds is 3. The standard InChI is InChI=1S/C16H22ClN3O3/c1-19(2)16(22)20-8-4-5-11(10-20)15(21)18-13-9-12(17)6-7-14(13)23-3/h6-7,9,11H,4-5,8,10H2,1-3H3,(H,18,21)/t11-/m1/s1. The number of nitrogens with one attached hydrogen (secondary N) is 1. The van der Waals surface area contributed by atoms with E-state index in [1.54, 1.807) is 37.2 Å². The summed E-state index contributed by atoms with van der Waals surface area (Å²) in [4.78, 5) is 27.8. The summed E-state index contributed by atoms with van der Waals surface area (Å²) in [7, 11) is 4.96. The molecule has 1 aromatic rings. The summed E-state index contributed by atoms with van der Waals surface area (Å²) in [5.41, 5.74) is 0.543. The zero-order valence-corrected chi connectivity index (χ0v) is 14.4. The monoisotopic (exact) mass is 339 g/mol. The molecule has 0 aromatic heterocycles. The predicted octanol–water partition coefficient (Wildman–Crippen LogP) is 2.68. The number of piperidine rings is 1. The van der Waals surface area contributed by atoms with Crippen LogP contribution in [0.5, 0.6) is 5.75 Å². The van der Waals surface area contributed by atoms with Crippen molar-refractivity contribution >= 4 is 29.2 Å². The van der Waals surface area contributed by atoms with Gasteiger partial charge in [0.05, 0.1) is 18.7 Å². The minimum atomic E-state index is -0.240. The Hall–Kier alpha value is -1.95. The summed E-state index contributed by atoms with van der Waals surface area (Å²) < 4.78 is 5.23. The van der Waals surface area contributed by atoms with Crippen LogP contribution in [-0.2, 0) is 4.79 Å². The van der Waals surface area contributed by atoms with E-state index in [4.69, 9.17) is 16.3 Å². The fourth-order valence-corrected chi connectivity index (χ4v) is 2.83. The molecule has 2 rings (SSSR count). The lowest BCUT2D eigenvalue weighted by molar-refractivity contribution is -0.121. The van der Waals surface area contributed by atoms with E-state index in [0.29, 0.717) is 29.5 Å². The van der Waals surface area contributed by atoms with Gasteiger partial charge in [-0.25, -0.2) is 4.79 Å². The lowest BCUT2D eigenvalue weighted by Crippen LogP contribution is -2.47. The number of hydrogen-bond donors (Lipinski definition) is 1. The molecule has 1 N–H and O–H groups in total. The fourth-order valence-electron chi connectivity index (χ4n) is 2.66. The molecule has 1 aliphatic rings. The molecule has 1 aliphatic heterocycles. The molecular weight excluding hydrogens is 318 g/mol. The van der Waals surface area contributed by atoms with Crippen molar-refractivity contribution < 1.29 is 14.3 Å². The number of hydrogen-bond acceptors (Lipinski definition) is 3. The molecule has 1 saturated heterocycles. The largest absolute Gasteiger partial charge is 0.495 e. The molecule has 3 amide bonds. The maximum Gasteiger partial charge on any atom is 0.319 e. The van der Waals surface area contributed by atoms with Crippen molar-refractivity contribution in [3.8, 4) is 5.75 Å². The Kier molecular flexibility index (Phi) is 5.71. The van der Waals surface area contributed by atoms with Gasteiger partial charge >= 0.3 is 6.03 Å². The van der Waals surface area contributed by atoms with E-state index in [0.717, 1.165) is 12.8 Å². The molecule has 0 spiro atoms. The Labute approximate surface area is 141 Å². The van der Waals surface area contributed by atoms with Gasteiger partial charge < -0.3 is 19.9 Å². The number of urea groups is 1. The zero-order chi connectivity index (χ0) is 17.0. The molecule has 23 heavy (non-hydrogen) atoms. The van der Waals surface area contributed by atoms with E-state index >= 15 is 0 Å². The van der Waals surface area contributed by atoms with Crippen LogP contribution >= 0.6 is 11.6 Å². The summed E-state index contributed by atoms with van der Waals surface area (Å²) >= 11 is 5.98. The first-order valence-corrected chi connectivity index (χ1v) is 7.90. The first-order chi connectivity index (χ1) is 10.9. The van der Waals surface area contributed by atoms with Crippen LogP contribution in [0.1, 0.15) is 12.8 Å². The number of likely N-dealkylation sites (tertiary alicyclic amines) is 1. The summed E-state index contributed by atoms with van der Waals surface area (Å²) in [6.45, 7) is 1.10. The van der Waals surface area contributed by atoms with Gasteiger partial charge in [0, 0.05) is 32.2 Å². The average molecular weight is 340 g/mol. The number of nitrogens with zero attached hydrogens (tertiary/aromatic N) is 2. The lowest BCUT2D eigenvalue weighted by Gasteiger charge is -2.33. The van der Waals surface area contributed by atoms with Gasteiger partial charge in [-0.05, 0) is 31.0 Å². The maximum atomic E-state index is 12.5. The number of halogens is 1. The van der Waals surface area contributed by atoms with Crippen LogP contribution < -0.4 is 10.1 Å². The highest BCUT2D eigenvalue weighted by Crippen LogP contribution is 2.29. The van der Waals surface area contributed by atoms with Crippen molar-refractivity contribution in [1.82, 2.24) is 9.80 Å². The van der Waals surface area contributed by atoms with Crippen LogP contribution in [0.25, 0.3) is 0 Å². The van der Waals surface area contributed by atoms with Crippen molar-refractivity contribution in [2.75, 3.05) is 39.6 Å². The molecule has 6 nitrogen and oxygen atoms in total. The second-order valence-electron chi connectivity index (χ2n) is 5.80. The Morgan fingerprint density at radius 3 is 2.78 bits per heavy atom. The van der Waals surface area contributed by atoms with Crippen molar-refractivity contribution in [3.63, 3.8) is 0 Å². The highest BCUT2D eigenvalue weighted by atomic mass is 35.5. The minimum absolute atomic E-state index is 0.0668. The number of benzene rings is 1. The van der Waals surface area contributed by atoms with Gasteiger partial charge in [0.1, 0.15) is 5.75 Å². The van der Waals surface area contributed by atoms with E-state index in [1.807, 2.05) is 0 Å². The first kappa shape index (κ1) is 17.4. The molecule has 0 aliphatic carbocycles. The quantitative estimate of drug-likeness (QED) is 0.921. The van der Waals surface area contributed by atoms with Crippen molar-refractivity contribution in [3.05, 3.63) is 23.2 Å². The highest BCUT2D eigenvalue weighted by Gasteiger charge is 2.29. The van der Waals surface area contributed by atoms with Gasteiger partial charge in [0.2, 0.25) is 5.91 Å². The van der Waals surface area contributed by atoms with Gasteiger partial charge in [0.25, 0.3) is 0 Å². The highest BCUT2D eigenvalue weighted by molar-refractivity contribution is 6.31. The summed E-state index contributed by atoms with van der Waals surface area (Å²) in [6, 6.07) is 5.00. The second kappa shape index (κ2) is 7.55. The summed E-state index contributed by atoms with van der Waals surface area (Å²) in [6.07, 6.45) is 1.57. The zero-order valence-electron chi connectivity index (χ0n) is 13.6. The molecule has 0 bridgehead atoms. The smallest absolute Gasteiger partial charge is 0.319 e. The molecule has 126 valence electrons. The average Bonchev–Trinajstić information content (AvgIpc) is 2.54. The number of anilines is 1. The normalized spacial score (nSPS) is 17.6. The molecule has 0 radical (unpaired) electrons. The van der Waals surface area contributed by atoms with Gasteiger partial charge in [-0.3, -0.25) is 4.79 Å². The van der Waals surface area contributed by atoms with E-state index < -0.39 is 0 Å². The third-order valence-electron chi connectivity index (χ3n) is 3.86. The molecule has 7 heteroatoms. The Balaban J connectivity index is 2.06. The number of carbonyl (C=O) groups excluding carboxylic acids is 2. The fraction of sp³-hybridized carbons (Fsp3) is 0.500. The Morgan fingerprint density at radius 2 is 2.13 bits per heavy atom. The summed E-state index contributed by atoms with van der Waals surface area (Å²) in [5, 5.41) is 3.38. The van der Waals surface area contributed by atoms with Gasteiger partial charge in [-0.1, -0.05) is 11.6 Å². The van der Waals surface area contributed by atoms with E-state index in [1.165, 1.54) is 12.0 Å². The molecule has 0 unspecified atom stereocenters. The van der Waals surface area contributed by atoms with Crippen molar-refractivity contribution in [1.29, 1.82) is 0 Å². The first-order valence-electron chi connectivity index (χ1n) is 7.53. The van der Waals surface area contributed by atoms with Crippen LogP contribution in [0.2, 0.25) is 5.02 Å². The summed E-state index contributed by atoms with van der Waals surface area (Å²) in [5.74, 6) is 0.193. The Morgan fingerprint density at radius 1 is 1.39 bits per heavy atom. The van der Waals surface area contributed by atoms with Crippen LogP contribution in [0.4, 0.5) is 10.5 Å².